The van der Waals surface area contributed by atoms with E-state index in [2.05, 4.69) is 24.0 Å². The van der Waals surface area contributed by atoms with Gasteiger partial charge in [0.05, 0.1) is 10.7 Å². The molecule has 0 saturated carbocycles. The van der Waals surface area contributed by atoms with E-state index in [0.29, 0.717) is 0 Å². The highest BCUT2D eigenvalue weighted by molar-refractivity contribution is 6.33. The van der Waals surface area contributed by atoms with Gasteiger partial charge in [-0.3, -0.25) is 0 Å². The van der Waals surface area contributed by atoms with E-state index in [1.54, 1.807) is 0 Å². The first-order chi connectivity index (χ1) is 5.77. The predicted molar refractivity (Wildman–Crippen MR) is 53.0 cm³/mol. The van der Waals surface area contributed by atoms with Crippen LogP contribution in [0.5, 0.6) is 0 Å². The fraction of sp³-hybridized carbons (Fsp3) is 0.400. The molecule has 0 atom stereocenters. The van der Waals surface area contributed by atoms with Crippen molar-refractivity contribution >= 4 is 17.3 Å². The quantitative estimate of drug-likeness (QED) is 0.644. The molecular weight excluding hydrogens is 170 g/mol. The molecule has 0 bridgehead atoms. The predicted octanol–water partition coefficient (Wildman–Crippen LogP) is 2.86. The summed E-state index contributed by atoms with van der Waals surface area (Å²) in [6, 6.07) is 6.24. The molecule has 2 heteroatoms. The van der Waals surface area contributed by atoms with Gasteiger partial charge in [-0.05, 0) is 31.0 Å². The van der Waals surface area contributed by atoms with Crippen LogP contribution in [0.4, 0.5) is 5.69 Å². The number of rotatable bonds is 1. The molecular formula is C10H12ClN. The Morgan fingerprint density at radius 1 is 1.33 bits per heavy atom. The van der Waals surface area contributed by atoms with Crippen LogP contribution in [0.15, 0.2) is 18.2 Å². The maximum atomic E-state index is 6.10. The number of nitrogens with zero attached hydrogens (tertiary/aromatic N) is 1. The van der Waals surface area contributed by atoms with Crippen molar-refractivity contribution in [1.82, 2.24) is 0 Å². The van der Waals surface area contributed by atoms with Crippen LogP contribution < -0.4 is 4.90 Å². The lowest BCUT2D eigenvalue weighted by atomic mass is 10.1. The minimum atomic E-state index is 0.884. The van der Waals surface area contributed by atoms with Crippen molar-refractivity contribution in [2.45, 2.75) is 13.3 Å². The van der Waals surface area contributed by atoms with Gasteiger partial charge in [0.2, 0.25) is 0 Å². The summed E-state index contributed by atoms with van der Waals surface area (Å²) < 4.78 is 0. The highest BCUT2D eigenvalue weighted by Gasteiger charge is 2.16. The second kappa shape index (κ2) is 2.98. The average Bonchev–Trinajstić information content (AvgIpc) is 1.91. The number of benzene rings is 1. The Balaban J connectivity index is 2.31. The van der Waals surface area contributed by atoms with Crippen LogP contribution in [0.1, 0.15) is 12.0 Å². The van der Waals surface area contributed by atoms with Crippen LogP contribution >= 0.6 is 11.6 Å². The summed E-state index contributed by atoms with van der Waals surface area (Å²) >= 11 is 6.10. The molecule has 1 aliphatic heterocycles. The number of aryl methyl sites for hydroxylation is 1. The van der Waals surface area contributed by atoms with Gasteiger partial charge in [0.25, 0.3) is 0 Å². The van der Waals surface area contributed by atoms with Crippen molar-refractivity contribution in [3.8, 4) is 0 Å². The van der Waals surface area contributed by atoms with Crippen molar-refractivity contribution in [3.63, 3.8) is 0 Å². The minimum absolute atomic E-state index is 0.884. The molecule has 0 aromatic heterocycles. The smallest absolute Gasteiger partial charge is 0.0642 e. The van der Waals surface area contributed by atoms with E-state index in [-0.39, 0.29) is 0 Å². The Labute approximate surface area is 77.9 Å². The third kappa shape index (κ3) is 1.29. The van der Waals surface area contributed by atoms with Crippen molar-refractivity contribution in [3.05, 3.63) is 28.8 Å². The summed E-state index contributed by atoms with van der Waals surface area (Å²) in [4.78, 5) is 2.31. The summed E-state index contributed by atoms with van der Waals surface area (Å²) in [5.74, 6) is 0. The largest absolute Gasteiger partial charge is 0.370 e. The summed E-state index contributed by atoms with van der Waals surface area (Å²) in [6.45, 7) is 4.37. The third-order valence-electron chi connectivity index (χ3n) is 2.30. The molecule has 1 aromatic carbocycles. The molecule has 1 fully saturated rings. The van der Waals surface area contributed by atoms with Gasteiger partial charge in [-0.15, -0.1) is 0 Å². The monoisotopic (exact) mass is 181 g/mol. The molecule has 1 aliphatic rings. The van der Waals surface area contributed by atoms with Crippen molar-refractivity contribution in [1.29, 1.82) is 0 Å². The van der Waals surface area contributed by atoms with Crippen LogP contribution in [-0.2, 0) is 0 Å². The van der Waals surface area contributed by atoms with Gasteiger partial charge >= 0.3 is 0 Å². The fourth-order valence-electron chi connectivity index (χ4n) is 1.43. The van der Waals surface area contributed by atoms with Gasteiger partial charge in [-0.1, -0.05) is 17.7 Å². The zero-order valence-electron chi connectivity index (χ0n) is 7.18. The van der Waals surface area contributed by atoms with Crippen molar-refractivity contribution in [2.75, 3.05) is 18.0 Å². The van der Waals surface area contributed by atoms with E-state index in [1.807, 2.05) is 6.07 Å². The van der Waals surface area contributed by atoms with E-state index in [1.165, 1.54) is 17.7 Å². The van der Waals surface area contributed by atoms with Crippen LogP contribution in [0.3, 0.4) is 0 Å². The normalized spacial score (nSPS) is 16.0. The van der Waals surface area contributed by atoms with Gasteiger partial charge in [-0.25, -0.2) is 0 Å². The molecule has 1 heterocycles. The molecule has 0 amide bonds. The molecule has 0 N–H and O–H groups in total. The van der Waals surface area contributed by atoms with Crippen molar-refractivity contribution in [2.24, 2.45) is 0 Å². The standard InChI is InChI=1S/C10H12ClN/c1-8-3-4-10(9(11)7-8)12-5-2-6-12/h3-4,7H,2,5-6H2,1H3. The van der Waals surface area contributed by atoms with Gasteiger partial charge in [-0.2, -0.15) is 0 Å². The first kappa shape index (κ1) is 7.93. The summed E-state index contributed by atoms with van der Waals surface area (Å²) in [6.07, 6.45) is 1.30. The molecule has 64 valence electrons. The van der Waals surface area contributed by atoms with Crippen LogP contribution in [-0.4, -0.2) is 13.1 Å². The van der Waals surface area contributed by atoms with Gasteiger partial charge in [0.1, 0.15) is 0 Å². The average molecular weight is 182 g/mol. The van der Waals surface area contributed by atoms with E-state index < -0.39 is 0 Å². The van der Waals surface area contributed by atoms with E-state index in [0.717, 1.165) is 18.1 Å². The Kier molecular flexibility index (Phi) is 1.97. The van der Waals surface area contributed by atoms with Crippen molar-refractivity contribution < 1.29 is 0 Å². The number of hydrogen-bond acceptors (Lipinski definition) is 1. The summed E-state index contributed by atoms with van der Waals surface area (Å²) in [5.41, 5.74) is 2.41. The third-order valence-corrected chi connectivity index (χ3v) is 2.60. The molecule has 1 aromatic rings. The second-order valence-electron chi connectivity index (χ2n) is 3.30. The Hall–Kier alpha value is -0.690. The SMILES string of the molecule is Cc1ccc(N2CCC2)c(Cl)c1. The van der Waals surface area contributed by atoms with Gasteiger partial charge < -0.3 is 4.90 Å². The number of anilines is 1. The zero-order valence-corrected chi connectivity index (χ0v) is 7.93. The lowest BCUT2D eigenvalue weighted by Crippen LogP contribution is -2.37. The Morgan fingerprint density at radius 2 is 2.08 bits per heavy atom. The molecule has 1 nitrogen and oxygen atoms in total. The minimum Gasteiger partial charge on any atom is -0.370 e. The maximum absolute atomic E-state index is 6.10. The molecule has 0 aliphatic carbocycles. The molecule has 12 heavy (non-hydrogen) atoms. The van der Waals surface area contributed by atoms with Crippen LogP contribution in [0, 0.1) is 6.92 Å². The van der Waals surface area contributed by atoms with Gasteiger partial charge in [0.15, 0.2) is 0 Å². The zero-order chi connectivity index (χ0) is 8.55. The van der Waals surface area contributed by atoms with Gasteiger partial charge in [0, 0.05) is 13.1 Å². The molecule has 2 rings (SSSR count). The summed E-state index contributed by atoms with van der Waals surface area (Å²) in [5, 5.41) is 0.884. The Morgan fingerprint density at radius 3 is 2.58 bits per heavy atom. The highest BCUT2D eigenvalue weighted by atomic mass is 35.5. The van der Waals surface area contributed by atoms with Crippen LogP contribution in [0.25, 0.3) is 0 Å². The van der Waals surface area contributed by atoms with E-state index in [9.17, 15) is 0 Å². The number of halogens is 1. The summed E-state index contributed by atoms with van der Waals surface area (Å²) in [7, 11) is 0. The Bertz CT molecular complexity index is 292. The first-order valence-corrected chi connectivity index (χ1v) is 4.66. The number of hydrogen-bond donors (Lipinski definition) is 0. The topological polar surface area (TPSA) is 3.24 Å². The first-order valence-electron chi connectivity index (χ1n) is 4.28. The molecule has 0 spiro atoms. The maximum Gasteiger partial charge on any atom is 0.0642 e. The highest BCUT2D eigenvalue weighted by Crippen LogP contribution is 2.29. The van der Waals surface area contributed by atoms with Crippen LogP contribution in [0.2, 0.25) is 5.02 Å². The second-order valence-corrected chi connectivity index (χ2v) is 3.70. The molecule has 0 radical (unpaired) electrons. The molecule has 1 saturated heterocycles. The van der Waals surface area contributed by atoms with E-state index in [4.69, 9.17) is 11.6 Å². The molecule has 0 unspecified atom stereocenters. The lowest BCUT2D eigenvalue weighted by Gasteiger charge is -2.33. The van der Waals surface area contributed by atoms with E-state index >= 15 is 0 Å². The lowest BCUT2D eigenvalue weighted by molar-refractivity contribution is 0.618. The fourth-order valence-corrected chi connectivity index (χ4v) is 1.78.